The third kappa shape index (κ3) is 5.36. The van der Waals surface area contributed by atoms with Gasteiger partial charge < -0.3 is 19.7 Å². The van der Waals surface area contributed by atoms with E-state index in [2.05, 4.69) is 0 Å². The molecule has 118 valence electrons. The molecule has 1 saturated heterocycles. The molecular weight excluding hydrogens is 262 g/mol. The van der Waals surface area contributed by atoms with Crippen molar-refractivity contribution < 1.29 is 24.5 Å². The normalized spacial score (nSPS) is 27.2. The molecule has 0 bridgehead atoms. The van der Waals surface area contributed by atoms with Crippen molar-refractivity contribution in [2.75, 3.05) is 40.0 Å². The summed E-state index contributed by atoms with van der Waals surface area (Å²) in [6.45, 7) is 6.14. The van der Waals surface area contributed by atoms with Crippen LogP contribution in [0.1, 0.15) is 26.7 Å². The van der Waals surface area contributed by atoms with Crippen molar-refractivity contribution >= 4 is 5.97 Å². The minimum atomic E-state index is -0.762. The number of β-amino-alcohol motifs (C(OH)–C–C–N with tert-alkyl or cyclic N) is 1. The van der Waals surface area contributed by atoms with Gasteiger partial charge in [-0.05, 0) is 33.2 Å². The number of hydrogen-bond acceptors (Lipinski definition) is 5. The van der Waals surface area contributed by atoms with Crippen LogP contribution in [0.5, 0.6) is 0 Å². The van der Waals surface area contributed by atoms with Gasteiger partial charge in [0.15, 0.2) is 0 Å². The highest BCUT2D eigenvalue weighted by molar-refractivity contribution is 5.74. The Morgan fingerprint density at radius 1 is 1.45 bits per heavy atom. The maximum absolute atomic E-state index is 11.3. The standard InChI is InChI=1S/C14H27NO5/c1-11(8-19-3)20-9-12(16)7-15-6-4-5-14(2,10-15)13(17)18/h11-12,16H,4-10H2,1-3H3,(H,17,18). The molecule has 0 amide bonds. The van der Waals surface area contributed by atoms with E-state index < -0.39 is 17.5 Å². The van der Waals surface area contributed by atoms with Gasteiger partial charge in [-0.15, -0.1) is 0 Å². The zero-order valence-electron chi connectivity index (χ0n) is 12.7. The number of aliphatic hydroxyl groups is 1. The van der Waals surface area contributed by atoms with Gasteiger partial charge in [0.2, 0.25) is 0 Å². The van der Waals surface area contributed by atoms with E-state index in [0.29, 0.717) is 26.1 Å². The highest BCUT2D eigenvalue weighted by atomic mass is 16.5. The number of nitrogens with zero attached hydrogens (tertiary/aromatic N) is 1. The molecule has 0 spiro atoms. The van der Waals surface area contributed by atoms with Crippen LogP contribution in [0.25, 0.3) is 0 Å². The second-order valence-corrected chi connectivity index (χ2v) is 5.96. The van der Waals surface area contributed by atoms with Crippen molar-refractivity contribution in [2.45, 2.75) is 38.9 Å². The highest BCUT2D eigenvalue weighted by Gasteiger charge is 2.38. The lowest BCUT2D eigenvalue weighted by Crippen LogP contribution is -2.48. The summed E-state index contributed by atoms with van der Waals surface area (Å²) in [7, 11) is 1.61. The Morgan fingerprint density at radius 3 is 2.75 bits per heavy atom. The van der Waals surface area contributed by atoms with Crippen LogP contribution in [0.3, 0.4) is 0 Å². The maximum Gasteiger partial charge on any atom is 0.310 e. The molecule has 3 atom stereocenters. The zero-order chi connectivity index (χ0) is 15.2. The van der Waals surface area contributed by atoms with Crippen LogP contribution in [-0.2, 0) is 14.3 Å². The lowest BCUT2D eigenvalue weighted by atomic mass is 9.82. The Balaban J connectivity index is 2.34. The Kier molecular flexibility index (Phi) is 6.88. The van der Waals surface area contributed by atoms with Gasteiger partial charge in [0.1, 0.15) is 0 Å². The number of aliphatic hydroxyl groups excluding tert-OH is 1. The summed E-state index contributed by atoms with van der Waals surface area (Å²) < 4.78 is 10.4. The number of piperidine rings is 1. The molecule has 2 N–H and O–H groups in total. The van der Waals surface area contributed by atoms with E-state index in [4.69, 9.17) is 9.47 Å². The summed E-state index contributed by atoms with van der Waals surface area (Å²) in [4.78, 5) is 13.3. The molecule has 20 heavy (non-hydrogen) atoms. The average molecular weight is 289 g/mol. The second kappa shape index (κ2) is 7.93. The predicted molar refractivity (Wildman–Crippen MR) is 74.7 cm³/mol. The zero-order valence-corrected chi connectivity index (χ0v) is 12.7. The summed E-state index contributed by atoms with van der Waals surface area (Å²) in [5.74, 6) is -0.762. The third-order valence-corrected chi connectivity index (χ3v) is 3.74. The van der Waals surface area contributed by atoms with Gasteiger partial charge in [-0.1, -0.05) is 0 Å². The van der Waals surface area contributed by atoms with Gasteiger partial charge in [-0.3, -0.25) is 9.69 Å². The van der Waals surface area contributed by atoms with Gasteiger partial charge in [-0.2, -0.15) is 0 Å². The minimum absolute atomic E-state index is 0.0553. The van der Waals surface area contributed by atoms with Crippen LogP contribution in [0.15, 0.2) is 0 Å². The summed E-state index contributed by atoms with van der Waals surface area (Å²) >= 11 is 0. The first-order valence-electron chi connectivity index (χ1n) is 7.12. The Bertz CT molecular complexity index is 312. The molecule has 0 aromatic rings. The fourth-order valence-corrected chi connectivity index (χ4v) is 2.58. The van der Waals surface area contributed by atoms with Crippen molar-refractivity contribution in [1.29, 1.82) is 0 Å². The van der Waals surface area contributed by atoms with E-state index in [9.17, 15) is 15.0 Å². The number of carbonyl (C=O) groups is 1. The van der Waals surface area contributed by atoms with Crippen LogP contribution in [0.4, 0.5) is 0 Å². The Hall–Kier alpha value is -0.690. The van der Waals surface area contributed by atoms with E-state index in [1.165, 1.54) is 0 Å². The second-order valence-electron chi connectivity index (χ2n) is 5.96. The lowest BCUT2D eigenvalue weighted by molar-refractivity contribution is -0.151. The third-order valence-electron chi connectivity index (χ3n) is 3.74. The largest absolute Gasteiger partial charge is 0.481 e. The van der Waals surface area contributed by atoms with E-state index in [0.717, 1.165) is 13.0 Å². The number of carboxylic acids is 1. The van der Waals surface area contributed by atoms with Crippen LogP contribution in [-0.4, -0.2) is 73.2 Å². The molecule has 0 aliphatic carbocycles. The lowest BCUT2D eigenvalue weighted by Gasteiger charge is -2.38. The van der Waals surface area contributed by atoms with Crippen molar-refractivity contribution in [3.8, 4) is 0 Å². The van der Waals surface area contributed by atoms with Gasteiger partial charge >= 0.3 is 5.97 Å². The van der Waals surface area contributed by atoms with Gasteiger partial charge in [0.25, 0.3) is 0 Å². The van der Waals surface area contributed by atoms with Crippen molar-refractivity contribution in [1.82, 2.24) is 4.90 Å². The molecule has 1 aliphatic heterocycles. The molecule has 3 unspecified atom stereocenters. The number of ether oxygens (including phenoxy) is 2. The fraction of sp³-hybridized carbons (Fsp3) is 0.929. The predicted octanol–water partition coefficient (Wildman–Crippen LogP) is 0.586. The summed E-state index contributed by atoms with van der Waals surface area (Å²) in [6.07, 6.45) is 0.873. The summed E-state index contributed by atoms with van der Waals surface area (Å²) in [5.41, 5.74) is -0.706. The Morgan fingerprint density at radius 2 is 2.15 bits per heavy atom. The quantitative estimate of drug-likeness (QED) is 0.681. The van der Waals surface area contributed by atoms with Crippen LogP contribution in [0, 0.1) is 5.41 Å². The molecule has 0 aromatic carbocycles. The summed E-state index contributed by atoms with van der Waals surface area (Å²) in [6, 6.07) is 0. The first-order valence-corrected chi connectivity index (χ1v) is 7.12. The van der Waals surface area contributed by atoms with Crippen molar-refractivity contribution in [3.05, 3.63) is 0 Å². The van der Waals surface area contributed by atoms with E-state index in [1.54, 1.807) is 14.0 Å². The van der Waals surface area contributed by atoms with Crippen LogP contribution in [0.2, 0.25) is 0 Å². The van der Waals surface area contributed by atoms with Gasteiger partial charge in [0, 0.05) is 20.2 Å². The first kappa shape index (κ1) is 17.4. The number of likely N-dealkylation sites (tertiary alicyclic amines) is 1. The molecule has 1 heterocycles. The van der Waals surface area contributed by atoms with Crippen molar-refractivity contribution in [3.63, 3.8) is 0 Å². The first-order chi connectivity index (χ1) is 9.37. The molecule has 6 heteroatoms. The average Bonchev–Trinajstić information content (AvgIpc) is 2.37. The number of carboxylic acid groups (broad SMARTS) is 1. The molecule has 6 nitrogen and oxygen atoms in total. The molecule has 1 aliphatic rings. The SMILES string of the molecule is COCC(C)OCC(O)CN1CCCC(C)(C(=O)O)C1. The molecule has 0 aromatic heterocycles. The van der Waals surface area contributed by atoms with Gasteiger partial charge in [0.05, 0.1) is 30.8 Å². The number of hydrogen-bond donors (Lipinski definition) is 2. The number of aliphatic carboxylic acids is 1. The highest BCUT2D eigenvalue weighted by Crippen LogP contribution is 2.29. The number of rotatable bonds is 8. The summed E-state index contributed by atoms with van der Waals surface area (Å²) in [5, 5.41) is 19.2. The van der Waals surface area contributed by atoms with Gasteiger partial charge in [-0.25, -0.2) is 0 Å². The molecular formula is C14H27NO5. The molecule has 0 saturated carbocycles. The van der Waals surface area contributed by atoms with E-state index in [-0.39, 0.29) is 12.7 Å². The smallest absolute Gasteiger partial charge is 0.310 e. The van der Waals surface area contributed by atoms with Crippen LogP contribution < -0.4 is 0 Å². The fourth-order valence-electron chi connectivity index (χ4n) is 2.58. The minimum Gasteiger partial charge on any atom is -0.481 e. The Labute approximate surface area is 120 Å². The maximum atomic E-state index is 11.3. The van der Waals surface area contributed by atoms with E-state index >= 15 is 0 Å². The molecule has 1 rings (SSSR count). The van der Waals surface area contributed by atoms with E-state index in [1.807, 2.05) is 11.8 Å². The molecule has 0 radical (unpaired) electrons. The van der Waals surface area contributed by atoms with Crippen molar-refractivity contribution in [2.24, 2.45) is 5.41 Å². The molecule has 1 fully saturated rings. The number of methoxy groups -OCH3 is 1. The monoisotopic (exact) mass is 289 g/mol. The topological polar surface area (TPSA) is 79.2 Å². The van der Waals surface area contributed by atoms with Crippen LogP contribution >= 0.6 is 0 Å².